The van der Waals surface area contributed by atoms with Crippen LogP contribution in [0.5, 0.6) is 0 Å². The average Bonchev–Trinajstić information content (AvgIpc) is 3.29. The van der Waals surface area contributed by atoms with Gasteiger partial charge in [-0.25, -0.2) is 12.8 Å². The Labute approximate surface area is 188 Å². The molecule has 0 aromatic heterocycles. The largest absolute Gasteiger partial charge is 0.367 e. The Morgan fingerprint density at radius 1 is 1.00 bits per heavy atom. The number of halogens is 1. The predicted molar refractivity (Wildman–Crippen MR) is 118 cm³/mol. The van der Waals surface area contributed by atoms with Crippen molar-refractivity contribution in [2.45, 2.75) is 30.2 Å². The zero-order chi connectivity index (χ0) is 22.3. The molecule has 0 radical (unpaired) electrons. The number of nitrogens with zero attached hydrogens (tertiary/aromatic N) is 3. The maximum Gasteiger partial charge on any atom is 0.245 e. The number of piperazine rings is 1. The van der Waals surface area contributed by atoms with E-state index in [9.17, 15) is 12.8 Å². The van der Waals surface area contributed by atoms with E-state index in [1.54, 1.807) is 34.6 Å². The number of anilines is 1. The summed E-state index contributed by atoms with van der Waals surface area (Å²) in [5.41, 5.74) is 1.13. The third-order valence-corrected chi connectivity index (χ3v) is 8.39. The molecule has 9 heteroatoms. The van der Waals surface area contributed by atoms with E-state index in [-0.39, 0.29) is 10.7 Å². The molecule has 2 saturated heterocycles. The molecule has 3 heterocycles. The number of ether oxygens (including phenoxy) is 2. The van der Waals surface area contributed by atoms with Gasteiger partial charge in [-0.15, -0.1) is 0 Å². The van der Waals surface area contributed by atoms with Crippen molar-refractivity contribution in [3.63, 3.8) is 0 Å². The van der Waals surface area contributed by atoms with Crippen LogP contribution in [-0.2, 0) is 25.3 Å². The fourth-order valence-corrected chi connectivity index (χ4v) is 7.05. The van der Waals surface area contributed by atoms with E-state index >= 15 is 0 Å². The third-order valence-electron chi connectivity index (χ3n) is 6.48. The fourth-order valence-electron chi connectivity index (χ4n) is 5.10. The lowest BCUT2D eigenvalue weighted by Crippen LogP contribution is -2.67. The SMILES string of the molecule is CCCN1C(N2CCN(c3ccccc3F)CC2)C2(OCCO2)c2ccccc2S1(=O)=O. The predicted octanol–water partition coefficient (Wildman–Crippen LogP) is 2.59. The van der Waals surface area contributed by atoms with Crippen molar-refractivity contribution in [3.05, 3.63) is 59.9 Å². The Morgan fingerprint density at radius 3 is 2.34 bits per heavy atom. The minimum absolute atomic E-state index is 0.247. The molecule has 7 nitrogen and oxygen atoms in total. The summed E-state index contributed by atoms with van der Waals surface area (Å²) in [4.78, 5) is 4.37. The first-order chi connectivity index (χ1) is 15.5. The van der Waals surface area contributed by atoms with E-state index in [0.29, 0.717) is 63.6 Å². The van der Waals surface area contributed by atoms with Crippen LogP contribution in [0, 0.1) is 5.82 Å². The van der Waals surface area contributed by atoms with E-state index in [1.807, 2.05) is 24.0 Å². The van der Waals surface area contributed by atoms with Crippen LogP contribution < -0.4 is 4.90 Å². The lowest BCUT2D eigenvalue weighted by atomic mass is 10.00. The number of fused-ring (bicyclic) bond motifs is 2. The maximum atomic E-state index is 14.3. The van der Waals surface area contributed by atoms with Gasteiger partial charge in [0.15, 0.2) is 0 Å². The van der Waals surface area contributed by atoms with Crippen LogP contribution >= 0.6 is 0 Å². The zero-order valence-electron chi connectivity index (χ0n) is 18.1. The molecule has 2 fully saturated rings. The molecule has 0 aliphatic carbocycles. The number of para-hydroxylation sites is 1. The van der Waals surface area contributed by atoms with Crippen LogP contribution in [0.4, 0.5) is 10.1 Å². The number of hydrogen-bond acceptors (Lipinski definition) is 6. The van der Waals surface area contributed by atoms with Crippen molar-refractivity contribution < 1.29 is 22.3 Å². The van der Waals surface area contributed by atoms with Crippen LogP contribution in [-0.4, -0.2) is 69.7 Å². The molecule has 0 N–H and O–H groups in total. The van der Waals surface area contributed by atoms with E-state index in [2.05, 4.69) is 4.90 Å². The van der Waals surface area contributed by atoms with Gasteiger partial charge in [0.25, 0.3) is 0 Å². The Morgan fingerprint density at radius 2 is 1.66 bits per heavy atom. The molecule has 1 unspecified atom stereocenters. The highest BCUT2D eigenvalue weighted by atomic mass is 32.2. The van der Waals surface area contributed by atoms with Gasteiger partial charge in [-0.3, -0.25) is 4.90 Å². The highest BCUT2D eigenvalue weighted by molar-refractivity contribution is 7.89. The Hall–Kier alpha value is -2.04. The average molecular weight is 462 g/mol. The molecule has 172 valence electrons. The molecule has 3 aliphatic heterocycles. The molecule has 3 aliphatic rings. The lowest BCUT2D eigenvalue weighted by molar-refractivity contribution is -0.241. The van der Waals surface area contributed by atoms with Gasteiger partial charge in [-0.05, 0) is 24.6 Å². The molecule has 0 saturated carbocycles. The van der Waals surface area contributed by atoms with Gasteiger partial charge >= 0.3 is 0 Å². The highest BCUT2D eigenvalue weighted by Crippen LogP contribution is 2.47. The second-order valence-electron chi connectivity index (χ2n) is 8.32. The number of hydrogen-bond donors (Lipinski definition) is 0. The highest BCUT2D eigenvalue weighted by Gasteiger charge is 2.59. The lowest BCUT2D eigenvalue weighted by Gasteiger charge is -2.52. The number of rotatable bonds is 4. The Balaban J connectivity index is 1.52. The third kappa shape index (κ3) is 3.34. The standard InChI is InChI=1S/C23H28FN3O4S/c1-2-11-27-22(26-14-12-25(13-15-26)20-9-5-4-8-19(20)24)23(30-16-17-31-23)18-7-3-6-10-21(18)32(27,28)29/h3-10,22H,2,11-17H2,1H3. The van der Waals surface area contributed by atoms with E-state index in [0.717, 1.165) is 0 Å². The van der Waals surface area contributed by atoms with Crippen molar-refractivity contribution in [2.75, 3.05) is 50.8 Å². The van der Waals surface area contributed by atoms with Gasteiger partial charge in [0.05, 0.1) is 23.8 Å². The Bertz CT molecular complexity index is 1080. The van der Waals surface area contributed by atoms with Crippen molar-refractivity contribution >= 4 is 15.7 Å². The van der Waals surface area contributed by atoms with Gasteiger partial charge in [-0.1, -0.05) is 37.3 Å². The van der Waals surface area contributed by atoms with Gasteiger partial charge in [-0.2, -0.15) is 4.31 Å². The van der Waals surface area contributed by atoms with Crippen LogP contribution in [0.25, 0.3) is 0 Å². The molecule has 0 bridgehead atoms. The molecule has 32 heavy (non-hydrogen) atoms. The van der Waals surface area contributed by atoms with Gasteiger partial charge in [0, 0.05) is 38.3 Å². The van der Waals surface area contributed by atoms with Gasteiger partial charge in [0.2, 0.25) is 15.8 Å². The summed E-state index contributed by atoms with van der Waals surface area (Å²) in [6, 6.07) is 13.7. The van der Waals surface area contributed by atoms with E-state index in [1.165, 1.54) is 6.07 Å². The molecule has 5 rings (SSSR count). The van der Waals surface area contributed by atoms with Crippen LogP contribution in [0.1, 0.15) is 18.9 Å². The first-order valence-corrected chi connectivity index (χ1v) is 12.6. The molecule has 1 atom stereocenters. The normalized spacial score (nSPS) is 25.2. The topological polar surface area (TPSA) is 62.3 Å². The second kappa shape index (κ2) is 8.39. The van der Waals surface area contributed by atoms with Crippen molar-refractivity contribution in [3.8, 4) is 0 Å². The van der Waals surface area contributed by atoms with Crippen LogP contribution in [0.3, 0.4) is 0 Å². The van der Waals surface area contributed by atoms with E-state index in [4.69, 9.17) is 9.47 Å². The van der Waals surface area contributed by atoms with E-state index < -0.39 is 22.0 Å². The smallest absolute Gasteiger partial charge is 0.245 e. The zero-order valence-corrected chi connectivity index (χ0v) is 18.9. The summed E-state index contributed by atoms with van der Waals surface area (Å²) in [6.07, 6.45) is 0.0519. The fraction of sp³-hybridized carbons (Fsp3) is 0.478. The molecule has 0 amide bonds. The van der Waals surface area contributed by atoms with Crippen molar-refractivity contribution in [1.29, 1.82) is 0 Å². The van der Waals surface area contributed by atoms with Crippen molar-refractivity contribution in [1.82, 2.24) is 9.21 Å². The maximum absolute atomic E-state index is 14.3. The summed E-state index contributed by atoms with van der Waals surface area (Å²) in [6.45, 7) is 5.41. The minimum atomic E-state index is -3.72. The van der Waals surface area contributed by atoms with Crippen LogP contribution in [0.2, 0.25) is 0 Å². The molecule has 2 aromatic rings. The molecule has 1 spiro atoms. The molecular weight excluding hydrogens is 433 g/mol. The summed E-state index contributed by atoms with van der Waals surface area (Å²) in [5.74, 6) is -1.42. The number of sulfonamides is 1. The summed E-state index contributed by atoms with van der Waals surface area (Å²) in [7, 11) is -3.72. The van der Waals surface area contributed by atoms with Crippen LogP contribution in [0.15, 0.2) is 53.4 Å². The number of benzene rings is 2. The summed E-state index contributed by atoms with van der Waals surface area (Å²) < 4.78 is 55.6. The Kier molecular flexibility index (Phi) is 5.71. The second-order valence-corrected chi connectivity index (χ2v) is 10.2. The van der Waals surface area contributed by atoms with Crippen molar-refractivity contribution in [2.24, 2.45) is 0 Å². The molecular formula is C23H28FN3O4S. The minimum Gasteiger partial charge on any atom is -0.367 e. The summed E-state index contributed by atoms with van der Waals surface area (Å²) in [5, 5.41) is 0. The first-order valence-electron chi connectivity index (χ1n) is 11.1. The first kappa shape index (κ1) is 21.8. The monoisotopic (exact) mass is 461 g/mol. The van der Waals surface area contributed by atoms with Gasteiger partial charge in [0.1, 0.15) is 12.0 Å². The summed E-state index contributed by atoms with van der Waals surface area (Å²) >= 11 is 0. The van der Waals surface area contributed by atoms with Gasteiger partial charge < -0.3 is 14.4 Å². The molecule has 2 aromatic carbocycles. The quantitative estimate of drug-likeness (QED) is 0.698.